The lowest BCUT2D eigenvalue weighted by atomic mass is 9.92. The van der Waals surface area contributed by atoms with E-state index in [1.807, 2.05) is 31.5 Å². The monoisotopic (exact) mass is 251 g/mol. The van der Waals surface area contributed by atoms with Gasteiger partial charge in [0.25, 0.3) is 0 Å². The van der Waals surface area contributed by atoms with E-state index in [0.29, 0.717) is 6.42 Å². The maximum atomic E-state index is 11.5. The number of piperidine rings is 1. The number of carbonyl (C=O) groups excluding carboxylic acids is 1. The number of aryl methyl sites for hydroxylation is 1. The van der Waals surface area contributed by atoms with E-state index in [9.17, 15) is 14.9 Å². The summed E-state index contributed by atoms with van der Waals surface area (Å²) in [5, 5.41) is 13.8. The molecule has 1 aromatic rings. The van der Waals surface area contributed by atoms with E-state index in [4.69, 9.17) is 0 Å². The zero-order valence-electron chi connectivity index (χ0n) is 10.8. The molecule has 0 unspecified atom stereocenters. The predicted octanol–water partition coefficient (Wildman–Crippen LogP) is 1.24. The van der Waals surface area contributed by atoms with Crippen molar-refractivity contribution in [2.24, 2.45) is 7.05 Å². The summed E-state index contributed by atoms with van der Waals surface area (Å²) in [4.78, 5) is 22.3. The average Bonchev–Trinajstić information content (AvgIpc) is 2.56. The van der Waals surface area contributed by atoms with Gasteiger partial charge in [-0.15, -0.1) is 0 Å². The van der Waals surface area contributed by atoms with E-state index in [0.717, 1.165) is 17.0 Å². The number of aromatic nitrogens is 1. The molecule has 98 valence electrons. The maximum absolute atomic E-state index is 11.5. The molecular formula is C12H17N3O3. The minimum absolute atomic E-state index is 0.112. The molecule has 0 radical (unpaired) electrons. The number of nitrogens with one attached hydrogen (secondary N) is 1. The lowest BCUT2D eigenvalue weighted by Gasteiger charge is -2.26. The molecule has 0 bridgehead atoms. The Morgan fingerprint density at radius 1 is 1.50 bits per heavy atom. The molecule has 0 aliphatic carbocycles. The molecule has 2 rings (SSSR count). The van der Waals surface area contributed by atoms with Gasteiger partial charge in [0.15, 0.2) is 0 Å². The highest BCUT2D eigenvalue weighted by atomic mass is 16.6. The Morgan fingerprint density at radius 2 is 2.17 bits per heavy atom. The molecule has 1 aliphatic heterocycles. The van der Waals surface area contributed by atoms with E-state index in [-0.39, 0.29) is 17.3 Å². The molecule has 0 aromatic carbocycles. The number of hydrogen-bond donors (Lipinski definition) is 1. The Kier molecular flexibility index (Phi) is 3.11. The first-order valence-corrected chi connectivity index (χ1v) is 5.97. The highest BCUT2D eigenvalue weighted by Crippen LogP contribution is 2.29. The summed E-state index contributed by atoms with van der Waals surface area (Å²) >= 11 is 0. The largest absolute Gasteiger partial charge is 0.352 e. The second kappa shape index (κ2) is 4.44. The second-order valence-corrected chi connectivity index (χ2v) is 4.82. The first-order chi connectivity index (χ1) is 8.41. The fourth-order valence-electron chi connectivity index (χ4n) is 2.50. The predicted molar refractivity (Wildman–Crippen MR) is 65.8 cm³/mol. The van der Waals surface area contributed by atoms with Crippen LogP contribution in [0.4, 0.5) is 0 Å². The standard InChI is InChI=1S/C12H17N3O3/c1-7-6-9(8(2)14(7)3)12-10(15(17)18)4-5-11(16)13-12/h6,10,12H,4-5H2,1-3H3,(H,13,16)/t10-,12-/m0/s1. The van der Waals surface area contributed by atoms with Gasteiger partial charge in [0.2, 0.25) is 11.9 Å². The van der Waals surface area contributed by atoms with Gasteiger partial charge < -0.3 is 9.88 Å². The van der Waals surface area contributed by atoms with Gasteiger partial charge in [0.1, 0.15) is 6.04 Å². The number of rotatable bonds is 2. The van der Waals surface area contributed by atoms with Crippen molar-refractivity contribution in [1.82, 2.24) is 9.88 Å². The molecule has 1 saturated heterocycles. The van der Waals surface area contributed by atoms with Crippen LogP contribution in [-0.2, 0) is 11.8 Å². The summed E-state index contributed by atoms with van der Waals surface area (Å²) in [6, 6.07) is 0.673. The smallest absolute Gasteiger partial charge is 0.237 e. The fraction of sp³-hybridized carbons (Fsp3) is 0.583. The minimum atomic E-state index is -0.733. The Labute approximate surface area is 105 Å². The highest BCUT2D eigenvalue weighted by Gasteiger charge is 2.39. The van der Waals surface area contributed by atoms with Crippen molar-refractivity contribution in [3.8, 4) is 0 Å². The van der Waals surface area contributed by atoms with Crippen molar-refractivity contribution in [3.05, 3.63) is 33.1 Å². The Hall–Kier alpha value is -1.85. The normalized spacial score (nSPS) is 23.8. The third-order valence-electron chi connectivity index (χ3n) is 3.79. The van der Waals surface area contributed by atoms with Crippen LogP contribution in [-0.4, -0.2) is 21.4 Å². The van der Waals surface area contributed by atoms with Gasteiger partial charge in [0.05, 0.1) is 0 Å². The molecule has 6 nitrogen and oxygen atoms in total. The molecule has 2 heterocycles. The Balaban J connectivity index is 2.41. The lowest BCUT2D eigenvalue weighted by Crippen LogP contribution is -2.45. The number of amides is 1. The molecule has 1 aliphatic rings. The van der Waals surface area contributed by atoms with Crippen molar-refractivity contribution >= 4 is 5.91 Å². The van der Waals surface area contributed by atoms with Gasteiger partial charge in [-0.3, -0.25) is 14.9 Å². The molecule has 0 saturated carbocycles. The molecule has 6 heteroatoms. The van der Waals surface area contributed by atoms with Crippen LogP contribution in [0.2, 0.25) is 0 Å². The lowest BCUT2D eigenvalue weighted by molar-refractivity contribution is -0.529. The highest BCUT2D eigenvalue weighted by molar-refractivity contribution is 5.77. The van der Waals surface area contributed by atoms with Crippen LogP contribution < -0.4 is 5.32 Å². The maximum Gasteiger partial charge on any atom is 0.237 e. The zero-order chi connectivity index (χ0) is 13.4. The van der Waals surface area contributed by atoms with Crippen LogP contribution in [0.1, 0.15) is 35.8 Å². The minimum Gasteiger partial charge on any atom is -0.352 e. The molecule has 1 amide bonds. The van der Waals surface area contributed by atoms with Crippen LogP contribution in [0.3, 0.4) is 0 Å². The van der Waals surface area contributed by atoms with Crippen LogP contribution in [0.5, 0.6) is 0 Å². The third kappa shape index (κ3) is 1.98. The second-order valence-electron chi connectivity index (χ2n) is 4.82. The van der Waals surface area contributed by atoms with Crippen LogP contribution in [0, 0.1) is 24.0 Å². The SMILES string of the molecule is Cc1cc([C@@H]2NC(=O)CC[C@@H]2[N+](=O)[O-])c(C)n1C. The molecule has 18 heavy (non-hydrogen) atoms. The number of carbonyl (C=O) groups is 1. The van der Waals surface area contributed by atoms with Gasteiger partial charge in [-0.2, -0.15) is 0 Å². The summed E-state index contributed by atoms with van der Waals surface area (Å²) in [6.07, 6.45) is 0.532. The Morgan fingerprint density at radius 3 is 2.67 bits per heavy atom. The zero-order valence-corrected chi connectivity index (χ0v) is 10.8. The number of hydrogen-bond acceptors (Lipinski definition) is 3. The van der Waals surface area contributed by atoms with E-state index < -0.39 is 12.1 Å². The van der Waals surface area contributed by atoms with Crippen molar-refractivity contribution in [2.75, 3.05) is 0 Å². The van der Waals surface area contributed by atoms with Crippen molar-refractivity contribution in [1.29, 1.82) is 0 Å². The summed E-state index contributed by atoms with van der Waals surface area (Å²) in [5.41, 5.74) is 2.85. The summed E-state index contributed by atoms with van der Waals surface area (Å²) < 4.78 is 1.98. The summed E-state index contributed by atoms with van der Waals surface area (Å²) in [7, 11) is 1.92. The van der Waals surface area contributed by atoms with E-state index in [1.54, 1.807) is 0 Å². The van der Waals surface area contributed by atoms with Crippen LogP contribution in [0.25, 0.3) is 0 Å². The van der Waals surface area contributed by atoms with Crippen molar-refractivity contribution in [2.45, 2.75) is 38.8 Å². The number of nitrogens with zero attached hydrogens (tertiary/aromatic N) is 2. The van der Waals surface area contributed by atoms with Gasteiger partial charge in [-0.1, -0.05) is 0 Å². The molecular weight excluding hydrogens is 234 g/mol. The van der Waals surface area contributed by atoms with Gasteiger partial charge >= 0.3 is 0 Å². The van der Waals surface area contributed by atoms with Crippen LogP contribution >= 0.6 is 0 Å². The average molecular weight is 251 g/mol. The molecule has 2 atom stereocenters. The van der Waals surface area contributed by atoms with Crippen LogP contribution in [0.15, 0.2) is 6.07 Å². The fourth-order valence-corrected chi connectivity index (χ4v) is 2.50. The topological polar surface area (TPSA) is 77.2 Å². The molecule has 1 fully saturated rings. The van der Waals surface area contributed by atoms with Crippen molar-refractivity contribution in [3.63, 3.8) is 0 Å². The molecule has 1 aromatic heterocycles. The van der Waals surface area contributed by atoms with E-state index in [1.165, 1.54) is 0 Å². The first-order valence-electron chi connectivity index (χ1n) is 5.97. The molecule has 0 spiro atoms. The first kappa shape index (κ1) is 12.6. The van der Waals surface area contributed by atoms with Gasteiger partial charge in [-0.05, 0) is 19.9 Å². The van der Waals surface area contributed by atoms with Gasteiger partial charge in [-0.25, -0.2) is 0 Å². The quantitative estimate of drug-likeness (QED) is 0.634. The van der Waals surface area contributed by atoms with Gasteiger partial charge in [0, 0.05) is 41.8 Å². The molecule has 1 N–H and O–H groups in total. The summed E-state index contributed by atoms with van der Waals surface area (Å²) in [6.45, 7) is 3.86. The third-order valence-corrected chi connectivity index (χ3v) is 3.79. The van der Waals surface area contributed by atoms with Crippen molar-refractivity contribution < 1.29 is 9.72 Å². The van der Waals surface area contributed by atoms with E-state index in [2.05, 4.69) is 5.32 Å². The number of nitro groups is 1. The summed E-state index contributed by atoms with van der Waals surface area (Å²) in [5.74, 6) is -0.112. The Bertz CT molecular complexity index is 507. The van der Waals surface area contributed by atoms with E-state index >= 15 is 0 Å².